The van der Waals surface area contributed by atoms with Crippen LogP contribution >= 0.6 is 0 Å². The van der Waals surface area contributed by atoms with E-state index in [-0.39, 0.29) is 6.03 Å². The number of anilines is 2. The van der Waals surface area contributed by atoms with Crippen LogP contribution < -0.4 is 15.5 Å². The monoisotopic (exact) mass is 344 g/mol. The lowest BCUT2D eigenvalue weighted by molar-refractivity contribution is 0.209. The normalized spacial score (nSPS) is 19.9. The molecule has 5 nitrogen and oxygen atoms in total. The Morgan fingerprint density at radius 2 is 1.64 bits per heavy atom. The van der Waals surface area contributed by atoms with Gasteiger partial charge in [0.1, 0.15) is 0 Å². The van der Waals surface area contributed by atoms with Crippen molar-refractivity contribution in [1.82, 2.24) is 10.2 Å². The summed E-state index contributed by atoms with van der Waals surface area (Å²) in [5, 5.41) is 6.06. The summed E-state index contributed by atoms with van der Waals surface area (Å²) in [6.07, 6.45) is 5.96. The number of amides is 2. The summed E-state index contributed by atoms with van der Waals surface area (Å²) < 4.78 is 0. The third-order valence-corrected chi connectivity index (χ3v) is 5.48. The van der Waals surface area contributed by atoms with Gasteiger partial charge in [-0.15, -0.1) is 0 Å². The number of rotatable bonds is 4. The molecular formula is C20H32N4O. The Kier molecular flexibility index (Phi) is 6.19. The molecule has 0 radical (unpaired) electrons. The van der Waals surface area contributed by atoms with Gasteiger partial charge in [-0.25, -0.2) is 4.79 Å². The molecule has 2 fully saturated rings. The molecule has 0 aromatic heterocycles. The van der Waals surface area contributed by atoms with Crippen molar-refractivity contribution in [2.75, 3.05) is 36.4 Å². The van der Waals surface area contributed by atoms with E-state index in [0.717, 1.165) is 44.7 Å². The molecule has 1 aliphatic heterocycles. The van der Waals surface area contributed by atoms with Crippen molar-refractivity contribution in [2.24, 2.45) is 0 Å². The average molecular weight is 345 g/mol. The molecule has 1 aromatic carbocycles. The highest BCUT2D eigenvalue weighted by Crippen LogP contribution is 2.21. The van der Waals surface area contributed by atoms with E-state index in [1.807, 2.05) is 12.1 Å². The van der Waals surface area contributed by atoms with E-state index in [2.05, 4.69) is 46.4 Å². The number of hydrogen-bond acceptors (Lipinski definition) is 3. The van der Waals surface area contributed by atoms with Gasteiger partial charge in [-0.3, -0.25) is 4.90 Å². The van der Waals surface area contributed by atoms with E-state index in [9.17, 15) is 4.79 Å². The minimum absolute atomic E-state index is 0.0785. The smallest absolute Gasteiger partial charge is 0.319 e. The maximum Gasteiger partial charge on any atom is 0.319 e. The van der Waals surface area contributed by atoms with Crippen LogP contribution in [0.15, 0.2) is 24.3 Å². The fraction of sp³-hybridized carbons (Fsp3) is 0.650. The predicted molar refractivity (Wildman–Crippen MR) is 104 cm³/mol. The highest BCUT2D eigenvalue weighted by Gasteiger charge is 2.19. The van der Waals surface area contributed by atoms with Crippen LogP contribution in [0.3, 0.4) is 0 Å². The average Bonchev–Trinajstić information content (AvgIpc) is 2.63. The molecule has 0 atom stereocenters. The summed E-state index contributed by atoms with van der Waals surface area (Å²) in [6.45, 7) is 8.87. The molecule has 3 rings (SSSR count). The molecule has 0 spiro atoms. The van der Waals surface area contributed by atoms with Crippen molar-refractivity contribution in [1.29, 1.82) is 0 Å². The van der Waals surface area contributed by atoms with Crippen LogP contribution in [0.2, 0.25) is 0 Å². The molecule has 25 heavy (non-hydrogen) atoms. The Balaban J connectivity index is 1.48. The van der Waals surface area contributed by atoms with Gasteiger partial charge in [-0.2, -0.15) is 0 Å². The van der Waals surface area contributed by atoms with E-state index in [1.165, 1.54) is 24.9 Å². The fourth-order valence-electron chi connectivity index (χ4n) is 3.85. The molecule has 1 saturated heterocycles. The van der Waals surface area contributed by atoms with Crippen LogP contribution in [-0.2, 0) is 0 Å². The Hall–Kier alpha value is -1.75. The van der Waals surface area contributed by atoms with Gasteiger partial charge in [-0.05, 0) is 51.0 Å². The van der Waals surface area contributed by atoms with Gasteiger partial charge >= 0.3 is 6.03 Å². The Bertz CT molecular complexity index is 543. The van der Waals surface area contributed by atoms with E-state index in [1.54, 1.807) is 0 Å². The molecule has 2 amide bonds. The second kappa shape index (κ2) is 8.56. The number of carbonyl (C=O) groups is 1. The first-order valence-corrected chi connectivity index (χ1v) is 9.78. The van der Waals surface area contributed by atoms with Crippen molar-refractivity contribution in [3.8, 4) is 0 Å². The van der Waals surface area contributed by atoms with Crippen molar-refractivity contribution in [3.05, 3.63) is 24.3 Å². The molecule has 2 N–H and O–H groups in total. The van der Waals surface area contributed by atoms with Crippen molar-refractivity contribution < 1.29 is 4.79 Å². The second-order valence-electron chi connectivity index (χ2n) is 7.60. The van der Waals surface area contributed by atoms with E-state index in [4.69, 9.17) is 0 Å². The highest BCUT2D eigenvalue weighted by molar-refractivity contribution is 5.89. The van der Waals surface area contributed by atoms with Crippen LogP contribution in [0.5, 0.6) is 0 Å². The number of urea groups is 1. The zero-order chi connectivity index (χ0) is 17.6. The first kappa shape index (κ1) is 18.1. The van der Waals surface area contributed by atoms with Gasteiger partial charge < -0.3 is 15.5 Å². The predicted octanol–water partition coefficient (Wildman–Crippen LogP) is 3.67. The quantitative estimate of drug-likeness (QED) is 0.876. The third kappa shape index (κ3) is 5.11. The van der Waals surface area contributed by atoms with Crippen LogP contribution in [-0.4, -0.2) is 49.2 Å². The zero-order valence-electron chi connectivity index (χ0n) is 15.6. The molecule has 1 aromatic rings. The number of carbonyl (C=O) groups excluding carboxylic acids is 1. The minimum atomic E-state index is -0.0785. The van der Waals surface area contributed by atoms with Gasteiger partial charge in [0.25, 0.3) is 0 Å². The molecule has 1 heterocycles. The van der Waals surface area contributed by atoms with E-state index < -0.39 is 0 Å². The Morgan fingerprint density at radius 1 is 1.00 bits per heavy atom. The van der Waals surface area contributed by atoms with Crippen LogP contribution in [0.1, 0.15) is 46.0 Å². The lowest BCUT2D eigenvalue weighted by Crippen LogP contribution is -2.48. The summed E-state index contributed by atoms with van der Waals surface area (Å²) in [7, 11) is 0. The van der Waals surface area contributed by atoms with Crippen molar-refractivity contribution in [3.63, 3.8) is 0 Å². The number of benzene rings is 1. The number of piperazine rings is 1. The van der Waals surface area contributed by atoms with Gasteiger partial charge in [-0.1, -0.05) is 19.3 Å². The van der Waals surface area contributed by atoms with Crippen LogP contribution in [0.25, 0.3) is 0 Å². The molecule has 0 unspecified atom stereocenters. The topological polar surface area (TPSA) is 47.6 Å². The molecule has 0 bridgehead atoms. The Labute approximate surface area is 151 Å². The second-order valence-corrected chi connectivity index (χ2v) is 7.60. The van der Waals surface area contributed by atoms with Gasteiger partial charge in [0.05, 0.1) is 0 Å². The summed E-state index contributed by atoms with van der Waals surface area (Å²) in [6, 6.07) is 9.12. The van der Waals surface area contributed by atoms with Gasteiger partial charge in [0.15, 0.2) is 0 Å². The Morgan fingerprint density at radius 3 is 2.24 bits per heavy atom. The summed E-state index contributed by atoms with van der Waals surface area (Å²) in [4.78, 5) is 17.1. The van der Waals surface area contributed by atoms with Crippen LogP contribution in [0, 0.1) is 0 Å². The first-order chi connectivity index (χ1) is 12.1. The van der Waals surface area contributed by atoms with Crippen LogP contribution in [0.4, 0.5) is 16.2 Å². The lowest BCUT2D eigenvalue weighted by Gasteiger charge is -2.38. The lowest BCUT2D eigenvalue weighted by atomic mass is 9.96. The first-order valence-electron chi connectivity index (χ1n) is 9.78. The van der Waals surface area contributed by atoms with Gasteiger partial charge in [0, 0.05) is 49.6 Å². The van der Waals surface area contributed by atoms with Crippen molar-refractivity contribution >= 4 is 17.4 Å². The molecule has 138 valence electrons. The SMILES string of the molecule is CC(C)N1CCN(c2ccc(NC(=O)NC3CCCCC3)cc2)CC1. The minimum Gasteiger partial charge on any atom is -0.369 e. The summed E-state index contributed by atoms with van der Waals surface area (Å²) in [5.74, 6) is 0. The fourth-order valence-corrected chi connectivity index (χ4v) is 3.85. The van der Waals surface area contributed by atoms with E-state index >= 15 is 0 Å². The zero-order valence-corrected chi connectivity index (χ0v) is 15.6. The summed E-state index contributed by atoms with van der Waals surface area (Å²) in [5.41, 5.74) is 2.10. The standard InChI is InChI=1S/C20H32N4O/c1-16(2)23-12-14-24(15-13-23)19-10-8-18(9-11-19)22-20(25)21-17-6-4-3-5-7-17/h8-11,16-17H,3-7,12-15H2,1-2H3,(H2,21,22,25). The third-order valence-electron chi connectivity index (χ3n) is 5.48. The number of nitrogens with one attached hydrogen (secondary N) is 2. The van der Waals surface area contributed by atoms with Gasteiger partial charge in [0.2, 0.25) is 0 Å². The number of nitrogens with zero attached hydrogens (tertiary/aromatic N) is 2. The number of hydrogen-bond donors (Lipinski definition) is 2. The van der Waals surface area contributed by atoms with E-state index in [0.29, 0.717) is 12.1 Å². The highest BCUT2D eigenvalue weighted by atomic mass is 16.2. The molecule has 2 aliphatic rings. The van der Waals surface area contributed by atoms with Crippen molar-refractivity contribution in [2.45, 2.75) is 58.0 Å². The molecule has 5 heteroatoms. The molecule has 1 saturated carbocycles. The molecule has 1 aliphatic carbocycles. The maximum atomic E-state index is 12.1. The maximum absolute atomic E-state index is 12.1. The largest absolute Gasteiger partial charge is 0.369 e. The molecular weight excluding hydrogens is 312 g/mol. The summed E-state index contributed by atoms with van der Waals surface area (Å²) >= 11 is 0.